The van der Waals surface area contributed by atoms with E-state index in [1.54, 1.807) is 4.90 Å². The Balaban J connectivity index is 1.00. The summed E-state index contributed by atoms with van der Waals surface area (Å²) in [5, 5.41) is 2.65. The molecule has 3 fully saturated rings. The number of carbonyl (C=O) groups excluding carboxylic acids is 3. The predicted octanol–water partition coefficient (Wildman–Crippen LogP) is 5.63. The number of aromatic amines is 2. The molecule has 7 rings (SSSR count). The first-order chi connectivity index (χ1) is 23.8. The lowest BCUT2D eigenvalue weighted by Gasteiger charge is -2.40. The number of hydrogen-bond donors (Lipinski definition) is 3. The molecular formula is C37H43N7O5. The first-order valence-corrected chi connectivity index (χ1v) is 17.1. The maximum Gasteiger partial charge on any atom is 0.407 e. The Bertz CT molecular complexity index is 1810. The summed E-state index contributed by atoms with van der Waals surface area (Å²) in [7, 11) is 1.29. The van der Waals surface area contributed by atoms with E-state index in [1.807, 2.05) is 31.1 Å². The number of H-pyrrole nitrogens is 2. The van der Waals surface area contributed by atoms with Crippen molar-refractivity contribution in [3.8, 4) is 33.6 Å². The highest BCUT2D eigenvalue weighted by Crippen LogP contribution is 2.38. The Morgan fingerprint density at radius 2 is 1.35 bits per heavy atom. The van der Waals surface area contributed by atoms with Crippen LogP contribution in [0.1, 0.15) is 69.7 Å². The lowest BCUT2D eigenvalue weighted by molar-refractivity contribution is -0.169. The zero-order valence-corrected chi connectivity index (χ0v) is 28.2. The molecule has 0 saturated carbocycles. The molecule has 0 bridgehead atoms. The summed E-state index contributed by atoms with van der Waals surface area (Å²) in [6.07, 6.45) is 7.06. The van der Waals surface area contributed by atoms with E-state index in [1.165, 1.54) is 7.11 Å². The van der Waals surface area contributed by atoms with E-state index in [-0.39, 0.29) is 23.9 Å². The summed E-state index contributed by atoms with van der Waals surface area (Å²) in [5.74, 6) is 1.61. The van der Waals surface area contributed by atoms with Crippen LogP contribution in [0.4, 0.5) is 4.79 Å². The molecule has 0 unspecified atom stereocenters. The van der Waals surface area contributed by atoms with Crippen molar-refractivity contribution in [1.82, 2.24) is 35.1 Å². The van der Waals surface area contributed by atoms with Gasteiger partial charge >= 0.3 is 6.09 Å². The molecule has 12 heteroatoms. The molecule has 3 amide bonds. The summed E-state index contributed by atoms with van der Waals surface area (Å²) in [6, 6.07) is 15.8. The van der Waals surface area contributed by atoms with E-state index < -0.39 is 17.6 Å². The third-order valence-electron chi connectivity index (χ3n) is 10.1. The van der Waals surface area contributed by atoms with E-state index in [0.29, 0.717) is 26.2 Å². The lowest BCUT2D eigenvalue weighted by atomic mass is 9.86. The average molecular weight is 666 g/mol. The van der Waals surface area contributed by atoms with Gasteiger partial charge < -0.3 is 34.6 Å². The highest BCUT2D eigenvalue weighted by molar-refractivity contribution is 5.86. The second kappa shape index (κ2) is 13.5. The number of methoxy groups -OCH3 is 1. The number of alkyl carbamates (subject to hydrolysis) is 1. The maximum atomic E-state index is 13.3. The third kappa shape index (κ3) is 6.32. The van der Waals surface area contributed by atoms with E-state index >= 15 is 0 Å². The molecular weight excluding hydrogens is 622 g/mol. The predicted molar refractivity (Wildman–Crippen MR) is 183 cm³/mol. The molecule has 5 heterocycles. The van der Waals surface area contributed by atoms with Crippen LogP contribution in [0.5, 0.6) is 0 Å². The molecule has 0 radical (unpaired) electrons. The highest BCUT2D eigenvalue weighted by atomic mass is 16.5. The van der Waals surface area contributed by atoms with Crippen LogP contribution >= 0.6 is 0 Å². The van der Waals surface area contributed by atoms with Crippen LogP contribution in [-0.4, -0.2) is 87.1 Å². The van der Waals surface area contributed by atoms with Crippen molar-refractivity contribution in [2.24, 2.45) is 5.41 Å². The van der Waals surface area contributed by atoms with Crippen molar-refractivity contribution in [3.05, 3.63) is 72.6 Å². The SMILES string of the molecule is CC[C@H](NC(=O)OC)C(=O)N1CCC[C@H]1c1ncc(-c2ccc(-c3ccc(-c4cnc([C@@H]5CCCN5C(=O)C5(C)COC5)[nH]4)cc3)cc2)[nH]1. The fraction of sp³-hybridized carbons (Fsp3) is 0.432. The molecule has 0 spiro atoms. The first-order valence-electron chi connectivity index (χ1n) is 17.1. The normalized spacial score (nSPS) is 20.6. The van der Waals surface area contributed by atoms with E-state index in [2.05, 4.69) is 73.8 Å². The molecule has 3 saturated heterocycles. The minimum absolute atomic E-state index is 0.0363. The van der Waals surface area contributed by atoms with Gasteiger partial charge in [-0.3, -0.25) is 9.59 Å². The Morgan fingerprint density at radius 3 is 1.82 bits per heavy atom. The number of carbonyl (C=O) groups is 3. The number of imidazole rings is 2. The molecule has 3 N–H and O–H groups in total. The Labute approximate surface area is 285 Å². The fourth-order valence-corrected chi connectivity index (χ4v) is 7.22. The van der Waals surface area contributed by atoms with E-state index in [0.717, 1.165) is 77.5 Å². The van der Waals surface area contributed by atoms with Crippen LogP contribution in [0.15, 0.2) is 60.9 Å². The van der Waals surface area contributed by atoms with Gasteiger partial charge in [-0.2, -0.15) is 0 Å². The molecule has 3 aliphatic heterocycles. The molecule has 49 heavy (non-hydrogen) atoms. The summed E-state index contributed by atoms with van der Waals surface area (Å²) in [5.41, 5.74) is 5.60. The molecule has 12 nitrogen and oxygen atoms in total. The second-order valence-electron chi connectivity index (χ2n) is 13.5. The fourth-order valence-electron chi connectivity index (χ4n) is 7.22. The number of likely N-dealkylation sites (tertiary alicyclic amines) is 2. The van der Waals surface area contributed by atoms with E-state index in [4.69, 9.17) is 9.47 Å². The third-order valence-corrected chi connectivity index (χ3v) is 10.1. The van der Waals surface area contributed by atoms with Crippen LogP contribution in [0.2, 0.25) is 0 Å². The molecule has 3 atom stereocenters. The largest absolute Gasteiger partial charge is 0.453 e. The average Bonchev–Trinajstić information content (AvgIpc) is 3.95. The molecule has 3 aliphatic rings. The van der Waals surface area contributed by atoms with Crippen LogP contribution in [0, 0.1) is 5.41 Å². The van der Waals surface area contributed by atoms with Gasteiger partial charge in [0.2, 0.25) is 11.8 Å². The summed E-state index contributed by atoms with van der Waals surface area (Å²) < 4.78 is 10.0. The number of ether oxygens (including phenoxy) is 2. The highest BCUT2D eigenvalue weighted by Gasteiger charge is 2.47. The van der Waals surface area contributed by atoms with Gasteiger partial charge in [0.25, 0.3) is 0 Å². The van der Waals surface area contributed by atoms with Crippen molar-refractivity contribution >= 4 is 17.9 Å². The van der Waals surface area contributed by atoms with Crippen LogP contribution in [-0.2, 0) is 19.1 Å². The molecule has 2 aromatic heterocycles. The van der Waals surface area contributed by atoms with Gasteiger partial charge in [0.1, 0.15) is 17.7 Å². The van der Waals surface area contributed by atoms with Crippen molar-refractivity contribution in [2.45, 2.75) is 64.1 Å². The molecule has 0 aliphatic carbocycles. The van der Waals surface area contributed by atoms with Gasteiger partial charge in [-0.25, -0.2) is 14.8 Å². The van der Waals surface area contributed by atoms with Crippen LogP contribution in [0.3, 0.4) is 0 Å². The van der Waals surface area contributed by atoms with Crippen molar-refractivity contribution in [2.75, 3.05) is 33.4 Å². The second-order valence-corrected chi connectivity index (χ2v) is 13.5. The zero-order valence-electron chi connectivity index (χ0n) is 28.2. The maximum absolute atomic E-state index is 13.3. The monoisotopic (exact) mass is 665 g/mol. The Hall–Kier alpha value is -4.97. The summed E-state index contributed by atoms with van der Waals surface area (Å²) in [6.45, 7) is 6.19. The molecule has 256 valence electrons. The van der Waals surface area contributed by atoms with Gasteiger partial charge in [0.05, 0.1) is 61.6 Å². The number of hydrogen-bond acceptors (Lipinski definition) is 7. The summed E-state index contributed by atoms with van der Waals surface area (Å²) in [4.78, 5) is 58.3. The van der Waals surface area contributed by atoms with E-state index in [9.17, 15) is 14.4 Å². The Morgan fingerprint density at radius 1 is 0.857 bits per heavy atom. The van der Waals surface area contributed by atoms with Gasteiger partial charge in [-0.05, 0) is 61.3 Å². The van der Waals surface area contributed by atoms with Gasteiger partial charge in [-0.15, -0.1) is 0 Å². The smallest absolute Gasteiger partial charge is 0.407 e. The number of benzene rings is 2. The van der Waals surface area contributed by atoms with Gasteiger partial charge in [0.15, 0.2) is 0 Å². The first kappa shape index (κ1) is 32.6. The van der Waals surface area contributed by atoms with Crippen molar-refractivity contribution in [3.63, 3.8) is 0 Å². The number of nitrogens with one attached hydrogen (secondary N) is 3. The minimum Gasteiger partial charge on any atom is -0.453 e. The van der Waals surface area contributed by atoms with Gasteiger partial charge in [-0.1, -0.05) is 55.5 Å². The quantitative estimate of drug-likeness (QED) is 0.210. The van der Waals surface area contributed by atoms with Gasteiger partial charge in [0, 0.05) is 13.1 Å². The number of rotatable bonds is 9. The summed E-state index contributed by atoms with van der Waals surface area (Å²) >= 11 is 0. The van der Waals surface area contributed by atoms with Crippen molar-refractivity contribution in [1.29, 1.82) is 0 Å². The number of nitrogens with zero attached hydrogens (tertiary/aromatic N) is 4. The van der Waals surface area contributed by atoms with Crippen molar-refractivity contribution < 1.29 is 23.9 Å². The number of aromatic nitrogens is 4. The standard InChI is InChI=1S/C37H43N7O5/c1-4-27(42-36(47)48-3)34(45)43-17-5-7-30(43)32-38-19-28(40-32)25-13-9-23(10-14-25)24-11-15-26(16-12-24)29-20-39-33(41-29)31-8-6-18-44(31)35(46)37(2)21-49-22-37/h9-16,19-20,27,30-31H,4-8,17-18,21-22H2,1-3H3,(H,38,40)(H,39,41)(H,42,47)/t27-,30-,31-/m0/s1. The molecule has 4 aromatic rings. The topological polar surface area (TPSA) is 146 Å². The molecule has 2 aromatic carbocycles. The van der Waals surface area contributed by atoms with Crippen LogP contribution < -0.4 is 5.32 Å². The minimum atomic E-state index is -0.641. The zero-order chi connectivity index (χ0) is 34.1. The Kier molecular flexibility index (Phi) is 8.98. The lowest BCUT2D eigenvalue weighted by Crippen LogP contribution is -2.53. The van der Waals surface area contributed by atoms with Crippen LogP contribution in [0.25, 0.3) is 33.6 Å². The number of amides is 3.